The highest BCUT2D eigenvalue weighted by molar-refractivity contribution is 6.38. The van der Waals surface area contributed by atoms with Gasteiger partial charge in [-0.25, -0.2) is 4.39 Å². The van der Waals surface area contributed by atoms with Crippen molar-refractivity contribution in [2.75, 3.05) is 26.7 Å². The number of ether oxygens (including phenoxy) is 1. The maximum atomic E-state index is 13.6. The van der Waals surface area contributed by atoms with Crippen molar-refractivity contribution in [2.45, 2.75) is 38.8 Å². The first kappa shape index (κ1) is 28.1. The lowest BCUT2D eigenvalue weighted by molar-refractivity contribution is -0.144. The molecular weight excluding hydrogens is 542 g/mol. The Labute approximate surface area is 228 Å². The number of likely N-dealkylation sites (N-methyl/N-ethyl adjacent to an activating group) is 1. The van der Waals surface area contributed by atoms with Crippen LogP contribution in [0.4, 0.5) is 4.39 Å². The van der Waals surface area contributed by atoms with Crippen LogP contribution in [0.5, 0.6) is 5.75 Å². The Balaban J connectivity index is 1.50. The molecule has 0 spiro atoms. The van der Waals surface area contributed by atoms with Crippen LogP contribution >= 0.6 is 23.2 Å². The summed E-state index contributed by atoms with van der Waals surface area (Å²) in [4.78, 5) is 65.1. The molecule has 206 valence electrons. The second-order valence-electron chi connectivity index (χ2n) is 10.4. The number of amides is 4. The molecular formula is C25H29Cl2FN4O6. The van der Waals surface area contributed by atoms with Crippen molar-refractivity contribution in [2.24, 2.45) is 23.2 Å². The number of ketones is 1. The molecule has 3 N–H and O–H groups in total. The minimum atomic E-state index is -1.23. The van der Waals surface area contributed by atoms with Gasteiger partial charge in [0.05, 0.1) is 16.1 Å². The molecule has 1 aromatic carbocycles. The number of hydrogen-bond donors (Lipinski definition) is 3. The molecule has 1 aromatic rings. The van der Waals surface area contributed by atoms with Crippen molar-refractivity contribution in [3.8, 4) is 5.75 Å². The molecule has 10 nitrogen and oxygen atoms in total. The number of fused-ring (bicyclic) bond motifs is 1. The van der Waals surface area contributed by atoms with E-state index in [2.05, 4.69) is 16.0 Å². The molecule has 2 aliphatic heterocycles. The summed E-state index contributed by atoms with van der Waals surface area (Å²) in [5, 5.41) is 7.39. The van der Waals surface area contributed by atoms with Gasteiger partial charge in [-0.2, -0.15) is 0 Å². The fourth-order valence-electron chi connectivity index (χ4n) is 5.65. The second-order valence-corrected chi connectivity index (χ2v) is 11.3. The van der Waals surface area contributed by atoms with Crippen LogP contribution in [0.3, 0.4) is 0 Å². The van der Waals surface area contributed by atoms with Gasteiger partial charge in [-0.05, 0) is 42.2 Å². The molecule has 0 bridgehead atoms. The van der Waals surface area contributed by atoms with Gasteiger partial charge in [-0.15, -0.1) is 0 Å². The van der Waals surface area contributed by atoms with Gasteiger partial charge in [0, 0.05) is 26.1 Å². The highest BCUT2D eigenvalue weighted by Gasteiger charge is 2.69. The van der Waals surface area contributed by atoms with Crippen molar-refractivity contribution >= 4 is 52.6 Å². The summed E-state index contributed by atoms with van der Waals surface area (Å²) in [5.74, 6) is -4.48. The third-order valence-electron chi connectivity index (χ3n) is 7.87. The summed E-state index contributed by atoms with van der Waals surface area (Å²) in [5.41, 5.74) is -0.213. The maximum Gasteiger partial charge on any atom is 0.289 e. The van der Waals surface area contributed by atoms with Crippen molar-refractivity contribution in [1.82, 2.24) is 20.9 Å². The number of nitrogens with zero attached hydrogens (tertiary/aromatic N) is 1. The molecule has 3 fully saturated rings. The van der Waals surface area contributed by atoms with Crippen LogP contribution < -0.4 is 20.7 Å². The zero-order chi connectivity index (χ0) is 27.9. The van der Waals surface area contributed by atoms with Crippen LogP contribution in [-0.2, 0) is 24.0 Å². The van der Waals surface area contributed by atoms with Gasteiger partial charge in [0.2, 0.25) is 17.6 Å². The average Bonchev–Trinajstić information content (AvgIpc) is 3.20. The zero-order valence-corrected chi connectivity index (χ0v) is 22.6. The second kappa shape index (κ2) is 10.7. The lowest BCUT2D eigenvalue weighted by atomic mass is 9.94. The molecule has 3 aliphatic rings. The van der Waals surface area contributed by atoms with Crippen LogP contribution in [0.2, 0.25) is 10.0 Å². The number of benzene rings is 1. The number of hydrogen-bond acceptors (Lipinski definition) is 6. The van der Waals surface area contributed by atoms with Crippen LogP contribution in [-0.4, -0.2) is 73.1 Å². The Morgan fingerprint density at radius 1 is 1.24 bits per heavy atom. The van der Waals surface area contributed by atoms with Crippen molar-refractivity contribution in [1.29, 1.82) is 0 Å². The summed E-state index contributed by atoms with van der Waals surface area (Å²) in [6, 6.07) is -0.138. The van der Waals surface area contributed by atoms with Crippen LogP contribution in [0, 0.1) is 29.0 Å². The van der Waals surface area contributed by atoms with Gasteiger partial charge in [0.25, 0.3) is 11.8 Å². The third-order valence-corrected chi connectivity index (χ3v) is 8.43. The highest BCUT2D eigenvalue weighted by Crippen LogP contribution is 2.64. The van der Waals surface area contributed by atoms with Crippen LogP contribution in [0.25, 0.3) is 0 Å². The summed E-state index contributed by atoms with van der Waals surface area (Å²) in [6.07, 6.45) is 0.441. The number of nitrogens with one attached hydrogen (secondary N) is 3. The monoisotopic (exact) mass is 570 g/mol. The first-order valence-electron chi connectivity index (χ1n) is 12.3. The first-order chi connectivity index (χ1) is 17.9. The fraction of sp³-hybridized carbons (Fsp3) is 0.560. The Kier molecular flexibility index (Phi) is 7.90. The third kappa shape index (κ3) is 5.31. The summed E-state index contributed by atoms with van der Waals surface area (Å²) in [7, 11) is 1.30. The SMILES string of the molecule is CNC(=O)C(=O)[C@H](C[C@@H]1CCNC1=O)NC(=O)[C@@H]1[C@@H]2[C@H](CN1C(=O)COc1c(Cl)cc(F)cc1Cl)C2(C)C. The minimum Gasteiger partial charge on any atom is -0.481 e. The van der Waals surface area contributed by atoms with Crippen molar-refractivity contribution < 1.29 is 33.1 Å². The Hall–Kier alpha value is -2.92. The van der Waals surface area contributed by atoms with E-state index in [1.807, 2.05) is 13.8 Å². The van der Waals surface area contributed by atoms with E-state index >= 15 is 0 Å². The fourth-order valence-corrected chi connectivity index (χ4v) is 6.22. The molecule has 4 amide bonds. The van der Waals surface area contributed by atoms with Crippen LogP contribution in [0.15, 0.2) is 12.1 Å². The molecule has 0 unspecified atom stereocenters. The molecule has 4 rings (SSSR count). The topological polar surface area (TPSA) is 134 Å². The normalized spacial score (nSPS) is 25.7. The van der Waals surface area contributed by atoms with E-state index in [1.54, 1.807) is 0 Å². The number of likely N-dealkylation sites (tertiary alicyclic amines) is 1. The molecule has 2 saturated heterocycles. The number of carbonyl (C=O) groups is 5. The van der Waals surface area contributed by atoms with Gasteiger partial charge in [0.1, 0.15) is 11.9 Å². The number of rotatable bonds is 9. The van der Waals surface area contributed by atoms with Gasteiger partial charge >= 0.3 is 0 Å². The molecule has 5 atom stereocenters. The van der Waals surface area contributed by atoms with Gasteiger partial charge in [-0.3, -0.25) is 24.0 Å². The minimum absolute atomic E-state index is 0.0351. The van der Waals surface area contributed by atoms with E-state index in [0.717, 1.165) is 12.1 Å². The lowest BCUT2D eigenvalue weighted by Crippen LogP contribution is -2.56. The largest absolute Gasteiger partial charge is 0.481 e. The standard InChI is InChI=1S/C25H29Cl2FN4O6/c1-25(2)13-9-32(17(33)10-38-21-14(26)7-12(28)8-15(21)27)19(18(13)25)23(36)31-16(20(34)24(37)29-3)6-11-4-5-30-22(11)35/h7-8,11,13,16,18-19H,4-6,9-10H2,1-3H3,(H,29,37)(H,30,35)(H,31,36)/t11-,13-,16-,18-,19-/m0/s1. The maximum absolute atomic E-state index is 13.6. The van der Waals surface area contributed by atoms with Gasteiger partial charge < -0.3 is 25.6 Å². The molecule has 0 aromatic heterocycles. The van der Waals surface area contributed by atoms with Crippen molar-refractivity contribution in [3.05, 3.63) is 28.0 Å². The number of halogens is 3. The van der Waals surface area contributed by atoms with E-state index in [1.165, 1.54) is 11.9 Å². The Morgan fingerprint density at radius 2 is 1.89 bits per heavy atom. The number of Topliss-reactive ketones (excluding diaryl/α,β-unsaturated/α-hetero) is 1. The molecule has 0 radical (unpaired) electrons. The Bertz CT molecular complexity index is 1170. The average molecular weight is 571 g/mol. The van der Waals surface area contributed by atoms with E-state index < -0.39 is 53.9 Å². The molecule has 1 saturated carbocycles. The van der Waals surface area contributed by atoms with E-state index in [9.17, 15) is 28.4 Å². The molecule has 38 heavy (non-hydrogen) atoms. The zero-order valence-electron chi connectivity index (χ0n) is 21.1. The first-order valence-corrected chi connectivity index (χ1v) is 13.0. The van der Waals surface area contributed by atoms with E-state index in [4.69, 9.17) is 27.9 Å². The number of carbonyl (C=O) groups excluding carboxylic acids is 5. The lowest BCUT2D eigenvalue weighted by Gasteiger charge is -2.31. The van der Waals surface area contributed by atoms with Gasteiger partial charge in [-0.1, -0.05) is 37.0 Å². The summed E-state index contributed by atoms with van der Waals surface area (Å²) < 4.78 is 19.0. The van der Waals surface area contributed by atoms with Gasteiger partial charge in [0.15, 0.2) is 12.4 Å². The van der Waals surface area contributed by atoms with E-state index in [-0.39, 0.29) is 45.4 Å². The van der Waals surface area contributed by atoms with Crippen LogP contribution in [0.1, 0.15) is 26.7 Å². The smallest absolute Gasteiger partial charge is 0.289 e. The predicted octanol–water partition coefficient (Wildman–Crippen LogP) is 1.32. The number of piperidine rings is 1. The van der Waals surface area contributed by atoms with E-state index in [0.29, 0.717) is 19.5 Å². The Morgan fingerprint density at radius 3 is 2.47 bits per heavy atom. The summed E-state index contributed by atoms with van der Waals surface area (Å²) >= 11 is 12.0. The quantitative estimate of drug-likeness (QED) is 0.383. The summed E-state index contributed by atoms with van der Waals surface area (Å²) in [6.45, 7) is 4.23. The molecule has 1 aliphatic carbocycles. The molecule has 2 heterocycles. The van der Waals surface area contributed by atoms with Crippen molar-refractivity contribution in [3.63, 3.8) is 0 Å². The highest BCUT2D eigenvalue weighted by atomic mass is 35.5. The molecule has 13 heteroatoms. The predicted molar refractivity (Wildman–Crippen MR) is 135 cm³/mol.